The van der Waals surface area contributed by atoms with Crippen molar-refractivity contribution in [1.82, 2.24) is 14.1 Å². The lowest BCUT2D eigenvalue weighted by atomic mass is 10.1. The molecule has 0 saturated carbocycles. The van der Waals surface area contributed by atoms with Crippen LogP contribution in [-0.2, 0) is 21.2 Å². The van der Waals surface area contributed by atoms with Crippen LogP contribution < -0.4 is 0 Å². The number of rotatable bonds is 5. The smallest absolute Gasteiger partial charge is 0.241 e. The van der Waals surface area contributed by atoms with E-state index >= 15 is 0 Å². The summed E-state index contributed by atoms with van der Waals surface area (Å²) in [5.41, 5.74) is 1.33. The van der Waals surface area contributed by atoms with Crippen LogP contribution in [0.15, 0.2) is 30.3 Å². The second kappa shape index (κ2) is 7.85. The van der Waals surface area contributed by atoms with Gasteiger partial charge in [0.1, 0.15) is 6.04 Å². The highest BCUT2D eigenvalue weighted by molar-refractivity contribution is 7.88. The molecule has 3 rings (SSSR count). The van der Waals surface area contributed by atoms with Crippen LogP contribution in [0.4, 0.5) is 0 Å². The monoisotopic (exact) mass is 365 g/mol. The van der Waals surface area contributed by atoms with E-state index in [1.54, 1.807) is 0 Å². The summed E-state index contributed by atoms with van der Waals surface area (Å²) in [6, 6.07) is 9.92. The Morgan fingerprint density at radius 2 is 1.76 bits per heavy atom. The van der Waals surface area contributed by atoms with Gasteiger partial charge in [0.2, 0.25) is 15.9 Å². The molecule has 1 atom stereocenters. The standard InChI is InChI=1S/C18H27N3O3S/c1-25(23,24)21-10-5-8-17(21)18(22)20-14-12-19(13-15-20)11-9-16-6-3-2-4-7-16/h2-4,6-7,17H,5,8-15H2,1H3. The number of carbonyl (C=O) groups excluding carboxylic acids is 1. The first-order valence-electron chi connectivity index (χ1n) is 8.97. The fourth-order valence-electron chi connectivity index (χ4n) is 3.72. The van der Waals surface area contributed by atoms with Gasteiger partial charge < -0.3 is 4.90 Å². The number of carbonyl (C=O) groups is 1. The number of benzene rings is 1. The van der Waals surface area contributed by atoms with Gasteiger partial charge in [0, 0.05) is 39.3 Å². The summed E-state index contributed by atoms with van der Waals surface area (Å²) in [6.07, 6.45) is 3.61. The van der Waals surface area contributed by atoms with Crippen LogP contribution in [0, 0.1) is 0 Å². The highest BCUT2D eigenvalue weighted by Gasteiger charge is 2.39. The maximum atomic E-state index is 12.7. The predicted molar refractivity (Wildman–Crippen MR) is 97.7 cm³/mol. The SMILES string of the molecule is CS(=O)(=O)N1CCCC1C(=O)N1CCN(CCc2ccccc2)CC1. The van der Waals surface area contributed by atoms with E-state index in [4.69, 9.17) is 0 Å². The Hall–Kier alpha value is -1.44. The van der Waals surface area contributed by atoms with Crippen molar-refractivity contribution in [1.29, 1.82) is 0 Å². The van der Waals surface area contributed by atoms with Gasteiger partial charge in [0.05, 0.1) is 6.26 Å². The average Bonchev–Trinajstić information content (AvgIpc) is 3.11. The highest BCUT2D eigenvalue weighted by Crippen LogP contribution is 2.22. The lowest BCUT2D eigenvalue weighted by Gasteiger charge is -2.37. The van der Waals surface area contributed by atoms with Crippen molar-refractivity contribution in [3.8, 4) is 0 Å². The normalized spacial score (nSPS) is 23.1. The predicted octanol–water partition coefficient (Wildman–Crippen LogP) is 0.797. The Labute approximate surface area is 150 Å². The van der Waals surface area contributed by atoms with Gasteiger partial charge in [-0.15, -0.1) is 0 Å². The summed E-state index contributed by atoms with van der Waals surface area (Å²) in [4.78, 5) is 17.0. The molecule has 0 spiro atoms. The molecule has 1 aromatic carbocycles. The molecule has 1 aromatic rings. The maximum Gasteiger partial charge on any atom is 0.241 e. The molecule has 1 amide bonds. The molecule has 0 aliphatic carbocycles. The first-order valence-corrected chi connectivity index (χ1v) is 10.8. The van der Waals surface area contributed by atoms with E-state index in [0.29, 0.717) is 26.1 Å². The van der Waals surface area contributed by atoms with Crippen molar-refractivity contribution in [3.05, 3.63) is 35.9 Å². The Morgan fingerprint density at radius 3 is 2.40 bits per heavy atom. The zero-order valence-electron chi connectivity index (χ0n) is 14.8. The van der Waals surface area contributed by atoms with Crippen molar-refractivity contribution in [2.75, 3.05) is 45.5 Å². The molecule has 0 radical (unpaired) electrons. The third kappa shape index (κ3) is 4.59. The number of piperazine rings is 1. The van der Waals surface area contributed by atoms with Crippen molar-refractivity contribution in [2.45, 2.75) is 25.3 Å². The minimum atomic E-state index is -3.31. The summed E-state index contributed by atoms with van der Waals surface area (Å²) < 4.78 is 25.1. The second-order valence-corrected chi connectivity index (χ2v) is 8.87. The number of sulfonamides is 1. The number of hydrogen-bond donors (Lipinski definition) is 0. The van der Waals surface area contributed by atoms with E-state index in [1.165, 1.54) is 16.1 Å². The summed E-state index contributed by atoms with van der Waals surface area (Å²) in [5.74, 6) is -0.0226. The molecule has 6 nitrogen and oxygen atoms in total. The van der Waals surface area contributed by atoms with Crippen LogP contribution in [0.1, 0.15) is 18.4 Å². The Kier molecular flexibility index (Phi) is 5.76. The van der Waals surface area contributed by atoms with E-state index in [2.05, 4.69) is 29.2 Å². The zero-order chi connectivity index (χ0) is 17.9. The minimum Gasteiger partial charge on any atom is -0.339 e. The summed E-state index contributed by atoms with van der Waals surface area (Å²) >= 11 is 0. The van der Waals surface area contributed by atoms with E-state index in [0.717, 1.165) is 32.5 Å². The molecule has 2 saturated heterocycles. The van der Waals surface area contributed by atoms with Crippen molar-refractivity contribution in [2.24, 2.45) is 0 Å². The second-order valence-electron chi connectivity index (χ2n) is 6.93. The summed E-state index contributed by atoms with van der Waals surface area (Å²) in [6.45, 7) is 4.52. The zero-order valence-corrected chi connectivity index (χ0v) is 15.6. The average molecular weight is 365 g/mol. The van der Waals surface area contributed by atoms with Gasteiger partial charge in [-0.3, -0.25) is 9.69 Å². The molecule has 0 bridgehead atoms. The number of hydrogen-bond acceptors (Lipinski definition) is 4. The topological polar surface area (TPSA) is 60.9 Å². The van der Waals surface area contributed by atoms with Gasteiger partial charge in [-0.1, -0.05) is 30.3 Å². The molecule has 2 fully saturated rings. The molecule has 0 aromatic heterocycles. The third-order valence-electron chi connectivity index (χ3n) is 5.16. The van der Waals surface area contributed by atoms with Gasteiger partial charge >= 0.3 is 0 Å². The molecule has 25 heavy (non-hydrogen) atoms. The van der Waals surface area contributed by atoms with Gasteiger partial charge in [-0.2, -0.15) is 4.31 Å². The van der Waals surface area contributed by atoms with Crippen LogP contribution in [0.3, 0.4) is 0 Å². The molecular weight excluding hydrogens is 338 g/mol. The number of nitrogens with zero attached hydrogens (tertiary/aromatic N) is 3. The van der Waals surface area contributed by atoms with Gasteiger partial charge in [0.25, 0.3) is 0 Å². The minimum absolute atomic E-state index is 0.0226. The first kappa shape index (κ1) is 18.4. The fourth-order valence-corrected chi connectivity index (χ4v) is 4.84. The largest absolute Gasteiger partial charge is 0.339 e. The fraction of sp³-hybridized carbons (Fsp3) is 0.611. The van der Waals surface area contributed by atoms with Gasteiger partial charge in [-0.05, 0) is 24.8 Å². The van der Waals surface area contributed by atoms with E-state index in [1.807, 2.05) is 11.0 Å². The highest BCUT2D eigenvalue weighted by atomic mass is 32.2. The maximum absolute atomic E-state index is 12.7. The van der Waals surface area contributed by atoms with Crippen LogP contribution in [0.25, 0.3) is 0 Å². The van der Waals surface area contributed by atoms with Crippen molar-refractivity contribution in [3.63, 3.8) is 0 Å². The molecule has 1 unspecified atom stereocenters. The van der Waals surface area contributed by atoms with E-state index in [-0.39, 0.29) is 5.91 Å². The third-order valence-corrected chi connectivity index (χ3v) is 6.45. The van der Waals surface area contributed by atoms with Gasteiger partial charge in [-0.25, -0.2) is 8.42 Å². The van der Waals surface area contributed by atoms with Crippen LogP contribution in [0.5, 0.6) is 0 Å². The Morgan fingerprint density at radius 1 is 1.08 bits per heavy atom. The lowest BCUT2D eigenvalue weighted by molar-refractivity contribution is -0.136. The molecule has 7 heteroatoms. The summed E-state index contributed by atoms with van der Waals surface area (Å²) in [5, 5.41) is 0. The first-order chi connectivity index (χ1) is 11.9. The van der Waals surface area contributed by atoms with Crippen molar-refractivity contribution >= 4 is 15.9 Å². The lowest BCUT2D eigenvalue weighted by Crippen LogP contribution is -2.54. The molecular formula is C18H27N3O3S. The molecule has 138 valence electrons. The van der Waals surface area contributed by atoms with Crippen LogP contribution in [-0.4, -0.2) is 80.0 Å². The summed E-state index contributed by atoms with van der Waals surface area (Å²) in [7, 11) is -3.31. The van der Waals surface area contributed by atoms with E-state index in [9.17, 15) is 13.2 Å². The Balaban J connectivity index is 1.49. The van der Waals surface area contributed by atoms with Crippen LogP contribution in [0.2, 0.25) is 0 Å². The van der Waals surface area contributed by atoms with Crippen molar-refractivity contribution < 1.29 is 13.2 Å². The van der Waals surface area contributed by atoms with E-state index < -0.39 is 16.1 Å². The quantitative estimate of drug-likeness (QED) is 0.774. The molecule has 2 aliphatic rings. The van der Waals surface area contributed by atoms with Gasteiger partial charge in [0.15, 0.2) is 0 Å². The molecule has 2 aliphatic heterocycles. The number of amides is 1. The van der Waals surface area contributed by atoms with Crippen LogP contribution >= 0.6 is 0 Å². The molecule has 2 heterocycles. The Bertz CT molecular complexity index is 685. The molecule has 0 N–H and O–H groups in total.